The Bertz CT molecular complexity index is 943. The summed E-state index contributed by atoms with van der Waals surface area (Å²) in [5.41, 5.74) is 1.49. The zero-order valence-corrected chi connectivity index (χ0v) is 17.2. The fourth-order valence-corrected chi connectivity index (χ4v) is 4.04. The molecule has 0 aliphatic heterocycles. The molecule has 1 amide bonds. The number of benzene rings is 2. The van der Waals surface area contributed by atoms with Crippen molar-refractivity contribution in [3.8, 4) is 5.75 Å². The molecule has 0 atom stereocenters. The van der Waals surface area contributed by atoms with Crippen molar-refractivity contribution in [3.63, 3.8) is 0 Å². The van der Waals surface area contributed by atoms with Crippen molar-refractivity contribution in [1.29, 1.82) is 0 Å². The van der Waals surface area contributed by atoms with E-state index in [0.29, 0.717) is 17.3 Å². The van der Waals surface area contributed by atoms with Gasteiger partial charge in [0.15, 0.2) is 0 Å². The van der Waals surface area contributed by atoms with E-state index in [0.717, 1.165) is 5.56 Å². The molecule has 0 fully saturated rings. The molecule has 2 rings (SSSR count). The first kappa shape index (κ1) is 21.2. The van der Waals surface area contributed by atoms with Crippen LogP contribution in [0.15, 0.2) is 41.3 Å². The Morgan fingerprint density at radius 2 is 1.93 bits per heavy atom. The Morgan fingerprint density at radius 1 is 1.22 bits per heavy atom. The summed E-state index contributed by atoms with van der Waals surface area (Å²) in [5, 5.41) is 3.29. The lowest BCUT2D eigenvalue weighted by Crippen LogP contribution is -2.30. The highest BCUT2D eigenvalue weighted by atomic mass is 35.5. The normalized spacial score (nSPS) is 11.5. The first-order valence-electron chi connectivity index (χ1n) is 8.51. The highest BCUT2D eigenvalue weighted by molar-refractivity contribution is 7.89. The Hall–Kier alpha value is -2.09. The average Bonchev–Trinajstić information content (AvgIpc) is 2.58. The summed E-state index contributed by atoms with van der Waals surface area (Å²) in [4.78, 5) is 12.6. The first-order chi connectivity index (χ1) is 12.7. The minimum atomic E-state index is -3.83. The molecule has 0 saturated heterocycles. The van der Waals surface area contributed by atoms with Crippen LogP contribution in [0.2, 0.25) is 5.02 Å². The SMILES string of the molecule is CCOc1ccc(C(=O)Nc2cccc(Cl)c2C)cc1S(=O)(=O)NC(C)C. The van der Waals surface area contributed by atoms with Gasteiger partial charge in [0.1, 0.15) is 10.6 Å². The van der Waals surface area contributed by atoms with Crippen molar-refractivity contribution in [2.24, 2.45) is 0 Å². The Kier molecular flexibility index (Phi) is 6.86. The Balaban J connectivity index is 2.41. The topological polar surface area (TPSA) is 84.5 Å². The highest BCUT2D eigenvalue weighted by Gasteiger charge is 2.23. The zero-order chi connectivity index (χ0) is 20.2. The smallest absolute Gasteiger partial charge is 0.255 e. The van der Waals surface area contributed by atoms with E-state index in [-0.39, 0.29) is 22.3 Å². The second kappa shape index (κ2) is 8.73. The van der Waals surface area contributed by atoms with Crippen LogP contribution in [0, 0.1) is 6.92 Å². The molecule has 0 aliphatic carbocycles. The molecule has 0 aliphatic rings. The van der Waals surface area contributed by atoms with Gasteiger partial charge in [-0.3, -0.25) is 4.79 Å². The third-order valence-corrected chi connectivity index (χ3v) is 5.79. The number of amides is 1. The van der Waals surface area contributed by atoms with Gasteiger partial charge in [-0.15, -0.1) is 0 Å². The number of nitrogens with one attached hydrogen (secondary N) is 2. The second-order valence-corrected chi connectivity index (χ2v) is 8.33. The molecule has 27 heavy (non-hydrogen) atoms. The number of halogens is 1. The highest BCUT2D eigenvalue weighted by Crippen LogP contribution is 2.27. The summed E-state index contributed by atoms with van der Waals surface area (Å²) >= 11 is 6.08. The van der Waals surface area contributed by atoms with Crippen LogP contribution >= 0.6 is 11.6 Å². The van der Waals surface area contributed by atoms with Gasteiger partial charge in [-0.1, -0.05) is 17.7 Å². The predicted octanol–water partition coefficient (Wildman–Crippen LogP) is 3.99. The van der Waals surface area contributed by atoms with E-state index in [1.54, 1.807) is 45.9 Å². The van der Waals surface area contributed by atoms with Gasteiger partial charge in [0.2, 0.25) is 10.0 Å². The summed E-state index contributed by atoms with van der Waals surface area (Å²) in [6, 6.07) is 9.21. The number of carbonyl (C=O) groups is 1. The minimum Gasteiger partial charge on any atom is -0.492 e. The van der Waals surface area contributed by atoms with Crippen LogP contribution in [0.5, 0.6) is 5.75 Å². The number of hydrogen-bond donors (Lipinski definition) is 2. The summed E-state index contributed by atoms with van der Waals surface area (Å²) in [5.74, 6) is -0.245. The molecular formula is C19H23ClN2O4S. The fourth-order valence-electron chi connectivity index (χ4n) is 2.45. The molecule has 2 aromatic carbocycles. The minimum absolute atomic E-state index is 0.0754. The molecule has 6 nitrogen and oxygen atoms in total. The summed E-state index contributed by atoms with van der Waals surface area (Å²) in [7, 11) is -3.83. The predicted molar refractivity (Wildman–Crippen MR) is 107 cm³/mol. The lowest BCUT2D eigenvalue weighted by molar-refractivity contribution is 0.102. The first-order valence-corrected chi connectivity index (χ1v) is 10.4. The summed E-state index contributed by atoms with van der Waals surface area (Å²) in [6.45, 7) is 7.29. The molecule has 0 spiro atoms. The molecule has 0 radical (unpaired) electrons. The number of anilines is 1. The molecule has 0 heterocycles. The Morgan fingerprint density at radius 3 is 2.56 bits per heavy atom. The average molecular weight is 411 g/mol. The van der Waals surface area contributed by atoms with Gasteiger partial charge in [-0.25, -0.2) is 13.1 Å². The lowest BCUT2D eigenvalue weighted by Gasteiger charge is -2.15. The number of sulfonamides is 1. The van der Waals surface area contributed by atoms with Gasteiger partial charge in [0.25, 0.3) is 5.91 Å². The molecule has 2 aromatic rings. The molecule has 2 N–H and O–H groups in total. The maximum absolute atomic E-state index is 12.6. The van der Waals surface area contributed by atoms with E-state index in [1.165, 1.54) is 18.2 Å². The van der Waals surface area contributed by atoms with E-state index in [4.69, 9.17) is 16.3 Å². The van der Waals surface area contributed by atoms with E-state index >= 15 is 0 Å². The van der Waals surface area contributed by atoms with Crippen molar-refractivity contribution in [2.45, 2.75) is 38.6 Å². The lowest BCUT2D eigenvalue weighted by atomic mass is 10.1. The molecule has 8 heteroatoms. The maximum atomic E-state index is 12.6. The van der Waals surface area contributed by atoms with Crippen molar-refractivity contribution < 1.29 is 17.9 Å². The molecule has 0 bridgehead atoms. The Labute approximate surface area is 164 Å². The van der Waals surface area contributed by atoms with E-state index in [9.17, 15) is 13.2 Å². The van der Waals surface area contributed by atoms with Crippen LogP contribution in [0.1, 0.15) is 36.7 Å². The molecule has 146 valence electrons. The van der Waals surface area contributed by atoms with Gasteiger partial charge in [0, 0.05) is 22.3 Å². The molecule has 0 unspecified atom stereocenters. The van der Waals surface area contributed by atoms with Crippen molar-refractivity contribution >= 4 is 33.2 Å². The number of hydrogen-bond acceptors (Lipinski definition) is 4. The van der Waals surface area contributed by atoms with Crippen LogP contribution in [0.3, 0.4) is 0 Å². The number of rotatable bonds is 7. The van der Waals surface area contributed by atoms with Crippen LogP contribution in [0.4, 0.5) is 5.69 Å². The molecular weight excluding hydrogens is 388 g/mol. The van der Waals surface area contributed by atoms with Crippen molar-refractivity contribution in [3.05, 3.63) is 52.5 Å². The summed E-state index contributed by atoms with van der Waals surface area (Å²) < 4.78 is 33.2. The van der Waals surface area contributed by atoms with E-state index < -0.39 is 15.9 Å². The standard InChI is InChI=1S/C19H23ClN2O4S/c1-5-26-17-10-9-14(11-18(17)27(24,25)22-12(2)3)19(23)21-16-8-6-7-15(20)13(16)4/h6-12,22H,5H2,1-4H3,(H,21,23). The van der Waals surface area contributed by atoms with Gasteiger partial charge in [0.05, 0.1) is 6.61 Å². The maximum Gasteiger partial charge on any atom is 0.255 e. The largest absolute Gasteiger partial charge is 0.492 e. The quantitative estimate of drug-likeness (QED) is 0.722. The number of ether oxygens (including phenoxy) is 1. The van der Waals surface area contributed by atoms with Gasteiger partial charge >= 0.3 is 0 Å². The third-order valence-electron chi connectivity index (χ3n) is 3.70. The van der Waals surface area contributed by atoms with Gasteiger partial charge < -0.3 is 10.1 Å². The molecule has 0 saturated carbocycles. The van der Waals surface area contributed by atoms with Crippen molar-refractivity contribution in [1.82, 2.24) is 4.72 Å². The van der Waals surface area contributed by atoms with Gasteiger partial charge in [-0.2, -0.15) is 0 Å². The van der Waals surface area contributed by atoms with Gasteiger partial charge in [-0.05, 0) is 63.6 Å². The van der Waals surface area contributed by atoms with E-state index in [2.05, 4.69) is 10.0 Å². The van der Waals surface area contributed by atoms with Crippen LogP contribution < -0.4 is 14.8 Å². The zero-order valence-electron chi connectivity index (χ0n) is 15.7. The second-order valence-electron chi connectivity index (χ2n) is 6.24. The van der Waals surface area contributed by atoms with Crippen molar-refractivity contribution in [2.75, 3.05) is 11.9 Å². The summed E-state index contributed by atoms with van der Waals surface area (Å²) in [6.07, 6.45) is 0. The third kappa shape index (κ3) is 5.22. The number of carbonyl (C=O) groups excluding carboxylic acids is 1. The fraction of sp³-hybridized carbons (Fsp3) is 0.316. The monoisotopic (exact) mass is 410 g/mol. The van der Waals surface area contributed by atoms with Crippen LogP contribution in [-0.2, 0) is 10.0 Å². The molecule has 0 aromatic heterocycles. The van der Waals surface area contributed by atoms with E-state index in [1.807, 2.05) is 0 Å². The van der Waals surface area contributed by atoms with Crippen LogP contribution in [0.25, 0.3) is 0 Å². The van der Waals surface area contributed by atoms with Crippen LogP contribution in [-0.4, -0.2) is 27.0 Å².